The molecule has 200 valence electrons. The highest BCUT2D eigenvalue weighted by Crippen LogP contribution is 2.41. The first-order chi connectivity index (χ1) is 18.1. The number of aromatic nitrogens is 1. The van der Waals surface area contributed by atoms with Crippen LogP contribution < -0.4 is 19.5 Å². The summed E-state index contributed by atoms with van der Waals surface area (Å²) < 4.78 is 22.3. The van der Waals surface area contributed by atoms with Crippen molar-refractivity contribution in [3.8, 4) is 28.5 Å². The average Bonchev–Trinajstić information content (AvgIpc) is 2.94. The van der Waals surface area contributed by atoms with Crippen LogP contribution >= 0.6 is 0 Å². The number of benzene rings is 2. The zero-order valence-electron chi connectivity index (χ0n) is 22.8. The smallest absolute Gasteiger partial charge is 0.252 e. The molecule has 1 atom stereocenters. The Morgan fingerprint density at radius 3 is 2.35 bits per heavy atom. The van der Waals surface area contributed by atoms with Gasteiger partial charge in [0.15, 0.2) is 11.5 Å². The highest BCUT2D eigenvalue weighted by Gasteiger charge is 2.18. The molecule has 3 aromatic rings. The molecule has 0 aliphatic heterocycles. The molecule has 0 spiro atoms. The number of pyridine rings is 1. The first kappa shape index (κ1) is 28.3. The van der Waals surface area contributed by atoms with Gasteiger partial charge in [-0.1, -0.05) is 51.3 Å². The number of nitrogens with zero attached hydrogens (tertiary/aromatic N) is 1. The van der Waals surface area contributed by atoms with Crippen molar-refractivity contribution in [1.82, 2.24) is 10.3 Å². The fourth-order valence-corrected chi connectivity index (χ4v) is 4.36. The Kier molecular flexibility index (Phi) is 11.0. The van der Waals surface area contributed by atoms with Crippen LogP contribution in [0.15, 0.2) is 42.5 Å². The third-order valence-corrected chi connectivity index (χ3v) is 6.57. The maximum atomic E-state index is 13.2. The van der Waals surface area contributed by atoms with Gasteiger partial charge in [0.1, 0.15) is 0 Å². The number of methoxy groups -OCH3 is 3. The molecule has 0 saturated carbocycles. The summed E-state index contributed by atoms with van der Waals surface area (Å²) >= 11 is 0. The zero-order chi connectivity index (χ0) is 26.6. The van der Waals surface area contributed by atoms with E-state index >= 15 is 0 Å². The van der Waals surface area contributed by atoms with Gasteiger partial charge in [-0.2, -0.15) is 0 Å². The lowest BCUT2D eigenvalue weighted by Crippen LogP contribution is -2.26. The van der Waals surface area contributed by atoms with E-state index < -0.39 is 0 Å². The van der Waals surface area contributed by atoms with Crippen molar-refractivity contribution < 1.29 is 23.7 Å². The minimum absolute atomic E-state index is 0.137. The van der Waals surface area contributed by atoms with Gasteiger partial charge in [-0.15, -0.1) is 0 Å². The number of amides is 1. The SMILES string of the molecule is CCCC[C@H](CC)COCCCNC(=O)c1cc(-c2cc(OC)c(OC)c(OC)c2)nc2ccccc12. The molecule has 0 aliphatic rings. The molecule has 0 aliphatic carbocycles. The van der Waals surface area contributed by atoms with Crippen molar-refractivity contribution in [1.29, 1.82) is 0 Å². The molecule has 3 rings (SSSR count). The second-order valence-electron chi connectivity index (χ2n) is 9.09. The van der Waals surface area contributed by atoms with Crippen molar-refractivity contribution in [2.45, 2.75) is 46.0 Å². The number of hydrogen-bond donors (Lipinski definition) is 1. The Bertz CT molecular complexity index is 1140. The van der Waals surface area contributed by atoms with Crippen molar-refractivity contribution in [3.63, 3.8) is 0 Å². The van der Waals surface area contributed by atoms with Gasteiger partial charge in [0.25, 0.3) is 5.91 Å². The molecule has 7 nitrogen and oxygen atoms in total. The lowest BCUT2D eigenvalue weighted by atomic mass is 10.0. The van der Waals surface area contributed by atoms with Gasteiger partial charge in [0.2, 0.25) is 5.75 Å². The summed E-state index contributed by atoms with van der Waals surface area (Å²) in [4.78, 5) is 18.1. The number of carbonyl (C=O) groups excluding carboxylic acids is 1. The van der Waals surface area contributed by atoms with E-state index in [-0.39, 0.29) is 5.91 Å². The second kappa shape index (κ2) is 14.4. The Hall–Kier alpha value is -3.32. The lowest BCUT2D eigenvalue weighted by Gasteiger charge is -2.15. The number of ether oxygens (including phenoxy) is 4. The number of rotatable bonds is 15. The number of hydrogen-bond acceptors (Lipinski definition) is 6. The van der Waals surface area contributed by atoms with Crippen LogP contribution in [0.25, 0.3) is 22.2 Å². The number of carbonyl (C=O) groups is 1. The lowest BCUT2D eigenvalue weighted by molar-refractivity contribution is 0.0876. The summed E-state index contributed by atoms with van der Waals surface area (Å²) in [5.41, 5.74) is 2.71. The van der Waals surface area contributed by atoms with Gasteiger partial charge in [0.05, 0.1) is 38.1 Å². The predicted molar refractivity (Wildman–Crippen MR) is 148 cm³/mol. The highest BCUT2D eigenvalue weighted by atomic mass is 16.5. The normalized spacial score (nSPS) is 11.8. The van der Waals surface area contributed by atoms with Crippen LogP contribution in [0.5, 0.6) is 17.2 Å². The third kappa shape index (κ3) is 7.35. The quantitative estimate of drug-likeness (QED) is 0.243. The zero-order valence-corrected chi connectivity index (χ0v) is 22.8. The summed E-state index contributed by atoms with van der Waals surface area (Å²) in [5, 5.41) is 3.85. The average molecular weight is 509 g/mol. The van der Waals surface area contributed by atoms with Gasteiger partial charge in [-0.25, -0.2) is 4.98 Å². The van der Waals surface area contributed by atoms with Crippen molar-refractivity contribution >= 4 is 16.8 Å². The predicted octanol–water partition coefficient (Wildman–Crippen LogP) is 6.28. The molecule has 2 aromatic carbocycles. The van der Waals surface area contributed by atoms with Crippen molar-refractivity contribution in [3.05, 3.63) is 48.0 Å². The van der Waals surface area contributed by atoms with Gasteiger partial charge in [-0.05, 0) is 43.0 Å². The van der Waals surface area contributed by atoms with E-state index in [0.717, 1.165) is 35.9 Å². The fourth-order valence-electron chi connectivity index (χ4n) is 4.36. The Balaban J connectivity index is 1.74. The molecule has 0 bridgehead atoms. The maximum absolute atomic E-state index is 13.2. The van der Waals surface area contributed by atoms with E-state index in [4.69, 9.17) is 23.9 Å². The maximum Gasteiger partial charge on any atom is 0.252 e. The van der Waals surface area contributed by atoms with Crippen LogP contribution in [0.3, 0.4) is 0 Å². The first-order valence-electron chi connectivity index (χ1n) is 13.1. The summed E-state index contributed by atoms with van der Waals surface area (Å²) in [7, 11) is 4.71. The minimum atomic E-state index is -0.137. The van der Waals surface area contributed by atoms with Crippen LogP contribution in [-0.4, -0.2) is 52.0 Å². The van der Waals surface area contributed by atoms with E-state index in [2.05, 4.69) is 19.2 Å². The largest absolute Gasteiger partial charge is 0.493 e. The van der Waals surface area contributed by atoms with Gasteiger partial charge in [-0.3, -0.25) is 4.79 Å². The van der Waals surface area contributed by atoms with Gasteiger partial charge < -0.3 is 24.3 Å². The fraction of sp³-hybridized carbons (Fsp3) is 0.467. The topological polar surface area (TPSA) is 78.9 Å². The molecule has 37 heavy (non-hydrogen) atoms. The third-order valence-electron chi connectivity index (χ3n) is 6.57. The van der Waals surface area contributed by atoms with Crippen LogP contribution in [0.4, 0.5) is 0 Å². The van der Waals surface area contributed by atoms with Gasteiger partial charge >= 0.3 is 0 Å². The van der Waals surface area contributed by atoms with E-state index in [1.165, 1.54) is 19.3 Å². The van der Waals surface area contributed by atoms with Crippen LogP contribution in [0, 0.1) is 5.92 Å². The molecule has 1 heterocycles. The Morgan fingerprint density at radius 2 is 1.70 bits per heavy atom. The molecular weight excluding hydrogens is 468 g/mol. The summed E-state index contributed by atoms with van der Waals surface area (Å²) in [5.74, 6) is 2.04. The second-order valence-corrected chi connectivity index (χ2v) is 9.09. The van der Waals surface area contributed by atoms with Gasteiger partial charge in [0, 0.05) is 30.7 Å². The van der Waals surface area contributed by atoms with E-state index in [1.54, 1.807) is 21.3 Å². The number of nitrogens with one attached hydrogen (secondary N) is 1. The highest BCUT2D eigenvalue weighted by molar-refractivity contribution is 6.07. The molecular formula is C30H40N2O5. The summed E-state index contributed by atoms with van der Waals surface area (Å²) in [6.45, 7) is 6.40. The first-order valence-corrected chi connectivity index (χ1v) is 13.1. The summed E-state index contributed by atoms with van der Waals surface area (Å²) in [6.07, 6.45) is 5.58. The van der Waals surface area contributed by atoms with Crippen LogP contribution in [0.1, 0.15) is 56.3 Å². The van der Waals surface area contributed by atoms with E-state index in [9.17, 15) is 4.79 Å². The molecule has 0 radical (unpaired) electrons. The van der Waals surface area contributed by atoms with Crippen LogP contribution in [-0.2, 0) is 4.74 Å². The van der Waals surface area contributed by atoms with E-state index in [1.807, 2.05) is 42.5 Å². The number of para-hydroxylation sites is 1. The Labute approximate surface area is 220 Å². The molecule has 0 fully saturated rings. The molecule has 1 amide bonds. The molecule has 0 saturated heterocycles. The van der Waals surface area contributed by atoms with E-state index in [0.29, 0.717) is 47.6 Å². The van der Waals surface area contributed by atoms with Crippen LogP contribution in [0.2, 0.25) is 0 Å². The number of fused-ring (bicyclic) bond motifs is 1. The Morgan fingerprint density at radius 1 is 0.973 bits per heavy atom. The summed E-state index contributed by atoms with van der Waals surface area (Å²) in [6, 6.07) is 13.1. The monoisotopic (exact) mass is 508 g/mol. The minimum Gasteiger partial charge on any atom is -0.493 e. The van der Waals surface area contributed by atoms with Crippen molar-refractivity contribution in [2.75, 3.05) is 41.1 Å². The standard InChI is InChI=1S/C30H40N2O5/c1-6-8-12-21(7-2)20-37-16-11-15-31-30(33)24-19-26(32-25-14-10-9-13-23(24)25)22-17-27(34-3)29(36-5)28(18-22)35-4/h9-10,13-14,17-19,21H,6-8,11-12,15-16,20H2,1-5H3,(H,31,33)/t21-/m0/s1. The molecule has 7 heteroatoms. The molecule has 1 N–H and O–H groups in total. The number of unbranched alkanes of at least 4 members (excludes halogenated alkanes) is 1. The van der Waals surface area contributed by atoms with Crippen molar-refractivity contribution in [2.24, 2.45) is 5.92 Å². The molecule has 0 unspecified atom stereocenters. The molecule has 1 aromatic heterocycles.